The van der Waals surface area contributed by atoms with Gasteiger partial charge in [0, 0.05) is 5.56 Å². The molecule has 3 N–H and O–H groups in total. The monoisotopic (exact) mass is 152 g/mol. The summed E-state index contributed by atoms with van der Waals surface area (Å²) in [4.78, 5) is 0. The molecule has 1 aromatic carbocycles. The van der Waals surface area contributed by atoms with E-state index in [1.54, 1.807) is 30.3 Å². The molecule has 0 aliphatic carbocycles. The van der Waals surface area contributed by atoms with E-state index in [2.05, 4.69) is 0 Å². The second-order valence-corrected chi connectivity index (χ2v) is 2.04. The lowest BCUT2D eigenvalue weighted by atomic mass is 10.2. The number of benzene rings is 1. The van der Waals surface area contributed by atoms with Gasteiger partial charge in [0.15, 0.2) is 0 Å². The molecule has 0 bridgehead atoms. The zero-order valence-corrected chi connectivity index (χ0v) is 5.73. The molecule has 3 nitrogen and oxygen atoms in total. The molecule has 3 heteroatoms. The van der Waals surface area contributed by atoms with Crippen molar-refractivity contribution in [2.45, 2.75) is 0 Å². The number of rotatable bonds is 1. The van der Waals surface area contributed by atoms with Gasteiger partial charge in [-0.15, -0.1) is 0 Å². The van der Waals surface area contributed by atoms with E-state index in [9.17, 15) is 0 Å². The smallest absolute Gasteiger partial charge is 0.318 e. The molecule has 0 atom stereocenters. The Kier molecular flexibility index (Phi) is 2.01. The first-order chi connectivity index (χ1) is 5.22. The lowest BCUT2D eigenvalue weighted by Crippen LogP contribution is -1.88. The molecule has 0 aromatic heterocycles. The predicted octanol–water partition coefficient (Wildman–Crippen LogP) is 1.99. The van der Waals surface area contributed by atoms with Crippen LogP contribution in [0, 0.1) is 0 Å². The molecule has 58 valence electrons. The van der Waals surface area contributed by atoms with Gasteiger partial charge in [-0.05, 0) is 0 Å². The van der Waals surface area contributed by atoms with Crippen molar-refractivity contribution in [3.05, 3.63) is 41.8 Å². The lowest BCUT2D eigenvalue weighted by molar-refractivity contribution is 0.181. The first kappa shape index (κ1) is 7.47. The van der Waals surface area contributed by atoms with Crippen LogP contribution in [-0.4, -0.2) is 15.3 Å². The van der Waals surface area contributed by atoms with E-state index in [1.807, 2.05) is 0 Å². The molecule has 0 saturated carbocycles. The SMILES string of the molecule is OC(O)=C(O)c1ccccc1. The Morgan fingerprint density at radius 2 is 1.45 bits per heavy atom. The first-order valence-corrected chi connectivity index (χ1v) is 3.08. The highest BCUT2D eigenvalue weighted by Crippen LogP contribution is 2.11. The summed E-state index contributed by atoms with van der Waals surface area (Å²) in [6.45, 7) is 0. The van der Waals surface area contributed by atoms with Crippen LogP contribution in [0.3, 0.4) is 0 Å². The van der Waals surface area contributed by atoms with E-state index in [1.165, 1.54) is 0 Å². The van der Waals surface area contributed by atoms with Crippen molar-refractivity contribution in [2.24, 2.45) is 0 Å². The molecule has 0 saturated heterocycles. The van der Waals surface area contributed by atoms with Crippen LogP contribution in [0.2, 0.25) is 0 Å². The highest BCUT2D eigenvalue weighted by Gasteiger charge is 2.02. The number of hydrogen-bond acceptors (Lipinski definition) is 3. The maximum absolute atomic E-state index is 8.98. The molecule has 1 rings (SSSR count). The molecular formula is C8H8O3. The highest BCUT2D eigenvalue weighted by atomic mass is 16.5. The molecule has 0 fully saturated rings. The first-order valence-electron chi connectivity index (χ1n) is 3.08. The fourth-order valence-electron chi connectivity index (χ4n) is 0.725. The predicted molar refractivity (Wildman–Crippen MR) is 41.2 cm³/mol. The minimum absolute atomic E-state index is 0.382. The molecule has 0 aliphatic rings. The van der Waals surface area contributed by atoms with Gasteiger partial charge in [0.2, 0.25) is 5.76 Å². The quantitative estimate of drug-likeness (QED) is 0.539. The molecule has 0 spiro atoms. The van der Waals surface area contributed by atoms with Crippen LogP contribution >= 0.6 is 0 Å². The Morgan fingerprint density at radius 1 is 0.909 bits per heavy atom. The molecule has 11 heavy (non-hydrogen) atoms. The van der Waals surface area contributed by atoms with Crippen molar-refractivity contribution >= 4 is 5.76 Å². The Bertz CT molecular complexity index is 260. The Balaban J connectivity index is 3.04. The van der Waals surface area contributed by atoms with E-state index in [0.29, 0.717) is 5.56 Å². The lowest BCUT2D eigenvalue weighted by Gasteiger charge is -1.97. The largest absolute Gasteiger partial charge is 0.502 e. The fraction of sp³-hybridized carbons (Fsp3) is 0. The normalized spacial score (nSPS) is 9.09. The molecule has 0 unspecified atom stereocenters. The van der Waals surface area contributed by atoms with Crippen LogP contribution in [0.5, 0.6) is 0 Å². The minimum atomic E-state index is -1.06. The summed E-state index contributed by atoms with van der Waals surface area (Å²) in [5.41, 5.74) is 0.382. The van der Waals surface area contributed by atoms with Crippen molar-refractivity contribution in [1.82, 2.24) is 0 Å². The van der Waals surface area contributed by atoms with Crippen molar-refractivity contribution in [3.63, 3.8) is 0 Å². The standard InChI is InChI=1S/C8H8O3/c9-7(8(10)11)6-4-2-1-3-5-6/h1-5,9-11H. The van der Waals surface area contributed by atoms with Gasteiger partial charge in [-0.25, -0.2) is 0 Å². The summed E-state index contributed by atoms with van der Waals surface area (Å²) < 4.78 is 0. The second-order valence-electron chi connectivity index (χ2n) is 2.04. The number of hydrogen-bond donors (Lipinski definition) is 3. The summed E-state index contributed by atoms with van der Waals surface area (Å²) in [7, 11) is 0. The molecule has 0 aliphatic heterocycles. The molecular weight excluding hydrogens is 144 g/mol. The number of aliphatic hydroxyl groups excluding tert-OH is 2. The van der Waals surface area contributed by atoms with E-state index in [-0.39, 0.29) is 0 Å². The summed E-state index contributed by atoms with van der Waals surface area (Å²) >= 11 is 0. The van der Waals surface area contributed by atoms with Crippen molar-refractivity contribution in [3.8, 4) is 0 Å². The van der Waals surface area contributed by atoms with Crippen molar-refractivity contribution in [2.75, 3.05) is 0 Å². The van der Waals surface area contributed by atoms with E-state index < -0.39 is 11.7 Å². The summed E-state index contributed by atoms with van der Waals surface area (Å²) in [6.07, 6.45) is 0. The average molecular weight is 152 g/mol. The molecule has 0 heterocycles. The van der Waals surface area contributed by atoms with Gasteiger partial charge in [0.05, 0.1) is 0 Å². The average Bonchev–Trinajstić information content (AvgIpc) is 2.05. The topological polar surface area (TPSA) is 60.7 Å². The minimum Gasteiger partial charge on any atom is -0.502 e. The van der Waals surface area contributed by atoms with Crippen LogP contribution in [0.15, 0.2) is 36.3 Å². The summed E-state index contributed by atoms with van der Waals surface area (Å²) in [6, 6.07) is 8.29. The van der Waals surface area contributed by atoms with Gasteiger partial charge in [-0.3, -0.25) is 0 Å². The third-order valence-corrected chi connectivity index (χ3v) is 1.26. The fourth-order valence-corrected chi connectivity index (χ4v) is 0.725. The zero-order chi connectivity index (χ0) is 8.27. The van der Waals surface area contributed by atoms with Crippen LogP contribution < -0.4 is 0 Å². The van der Waals surface area contributed by atoms with Gasteiger partial charge in [0.25, 0.3) is 0 Å². The van der Waals surface area contributed by atoms with E-state index in [0.717, 1.165) is 0 Å². The molecule has 0 amide bonds. The van der Waals surface area contributed by atoms with Gasteiger partial charge in [-0.2, -0.15) is 0 Å². The Labute approximate surface area is 63.9 Å². The van der Waals surface area contributed by atoms with Crippen molar-refractivity contribution in [1.29, 1.82) is 0 Å². The van der Waals surface area contributed by atoms with Crippen molar-refractivity contribution < 1.29 is 15.3 Å². The third kappa shape index (κ3) is 1.64. The maximum atomic E-state index is 8.98. The Morgan fingerprint density at radius 3 is 1.91 bits per heavy atom. The Hall–Kier alpha value is -1.64. The van der Waals surface area contributed by atoms with Gasteiger partial charge in [-0.1, -0.05) is 30.3 Å². The van der Waals surface area contributed by atoms with Crippen LogP contribution in [0.4, 0.5) is 0 Å². The van der Waals surface area contributed by atoms with Gasteiger partial charge < -0.3 is 15.3 Å². The summed E-state index contributed by atoms with van der Waals surface area (Å²) in [5.74, 6) is -1.57. The van der Waals surface area contributed by atoms with E-state index >= 15 is 0 Å². The zero-order valence-electron chi connectivity index (χ0n) is 5.73. The molecule has 1 aromatic rings. The van der Waals surface area contributed by atoms with Crippen LogP contribution in [-0.2, 0) is 0 Å². The number of aliphatic hydroxyl groups is 3. The van der Waals surface area contributed by atoms with E-state index in [4.69, 9.17) is 15.3 Å². The second kappa shape index (κ2) is 2.96. The van der Waals surface area contributed by atoms with Crippen LogP contribution in [0.1, 0.15) is 5.56 Å². The van der Waals surface area contributed by atoms with Crippen LogP contribution in [0.25, 0.3) is 5.76 Å². The highest BCUT2D eigenvalue weighted by molar-refractivity contribution is 5.58. The maximum Gasteiger partial charge on any atom is 0.318 e. The molecule has 0 radical (unpaired) electrons. The third-order valence-electron chi connectivity index (χ3n) is 1.26. The van der Waals surface area contributed by atoms with Gasteiger partial charge >= 0.3 is 5.95 Å². The van der Waals surface area contributed by atoms with Gasteiger partial charge in [0.1, 0.15) is 0 Å². The summed E-state index contributed by atoms with van der Waals surface area (Å²) in [5, 5.41) is 25.9.